The van der Waals surface area contributed by atoms with Crippen molar-refractivity contribution < 1.29 is 0 Å². The normalized spacial score (nSPS) is 11.6. The van der Waals surface area contributed by atoms with Crippen LogP contribution in [-0.2, 0) is 13.1 Å². The number of aryl methyl sites for hydroxylation is 2. The van der Waals surface area contributed by atoms with E-state index < -0.39 is 0 Å². The topological polar surface area (TPSA) is 33.4 Å². The molecular weight excluding hydrogens is 376 g/mol. The Morgan fingerprint density at radius 2 is 1.84 bits per heavy atom. The van der Waals surface area contributed by atoms with E-state index in [0.717, 1.165) is 47.1 Å². The molecule has 0 aliphatic heterocycles. The highest BCUT2D eigenvalue weighted by molar-refractivity contribution is 9.10. The summed E-state index contributed by atoms with van der Waals surface area (Å²) >= 11 is 3.74. The molecular formula is C20H25BrN4. The zero-order valence-corrected chi connectivity index (χ0v) is 16.8. The predicted molar refractivity (Wildman–Crippen MR) is 106 cm³/mol. The molecule has 0 N–H and O–H groups in total. The first-order valence-corrected chi connectivity index (χ1v) is 9.65. The highest BCUT2D eigenvalue weighted by Gasteiger charge is 2.16. The standard InChI is InChI=1S/C20H25BrN4/c1-4-5-11-24(13-17-9-7-6-8-10-17)14-18-19(21)25-16(3)12-15(2)22-20(25)23-18/h6-10,12H,4-5,11,13-14H2,1-3H3. The fourth-order valence-corrected chi connectivity index (χ4v) is 3.78. The zero-order chi connectivity index (χ0) is 17.8. The van der Waals surface area contributed by atoms with E-state index in [1.807, 2.05) is 6.92 Å². The molecule has 0 unspecified atom stereocenters. The van der Waals surface area contributed by atoms with E-state index >= 15 is 0 Å². The molecule has 0 aliphatic carbocycles. The van der Waals surface area contributed by atoms with Crippen LogP contribution in [0.4, 0.5) is 0 Å². The number of halogens is 1. The maximum atomic E-state index is 4.79. The first kappa shape index (κ1) is 18.1. The van der Waals surface area contributed by atoms with Crippen LogP contribution in [0, 0.1) is 13.8 Å². The summed E-state index contributed by atoms with van der Waals surface area (Å²) < 4.78 is 3.10. The van der Waals surface area contributed by atoms with Crippen molar-refractivity contribution in [3.63, 3.8) is 0 Å². The first-order valence-electron chi connectivity index (χ1n) is 8.86. The lowest BCUT2D eigenvalue weighted by atomic mass is 10.2. The van der Waals surface area contributed by atoms with Crippen molar-refractivity contribution in [2.24, 2.45) is 0 Å². The van der Waals surface area contributed by atoms with E-state index in [9.17, 15) is 0 Å². The summed E-state index contributed by atoms with van der Waals surface area (Å²) in [5.74, 6) is 0.773. The molecule has 0 saturated carbocycles. The van der Waals surface area contributed by atoms with Crippen molar-refractivity contribution >= 4 is 21.7 Å². The van der Waals surface area contributed by atoms with Gasteiger partial charge in [-0.2, -0.15) is 0 Å². The van der Waals surface area contributed by atoms with Gasteiger partial charge in [0.05, 0.1) is 5.69 Å². The molecule has 2 aromatic heterocycles. The van der Waals surface area contributed by atoms with Gasteiger partial charge < -0.3 is 0 Å². The number of hydrogen-bond donors (Lipinski definition) is 0. The van der Waals surface area contributed by atoms with Crippen LogP contribution in [0.5, 0.6) is 0 Å². The predicted octanol–water partition coefficient (Wildman–Crippen LogP) is 4.91. The van der Waals surface area contributed by atoms with Crippen LogP contribution < -0.4 is 0 Å². The molecule has 4 nitrogen and oxygen atoms in total. The summed E-state index contributed by atoms with van der Waals surface area (Å²) in [5, 5.41) is 0. The summed E-state index contributed by atoms with van der Waals surface area (Å²) in [6, 6.07) is 12.7. The number of aromatic nitrogens is 3. The lowest BCUT2D eigenvalue weighted by Gasteiger charge is -2.21. The molecule has 0 spiro atoms. The van der Waals surface area contributed by atoms with Crippen LogP contribution in [0.3, 0.4) is 0 Å². The van der Waals surface area contributed by atoms with E-state index in [1.165, 1.54) is 18.4 Å². The minimum atomic E-state index is 0.773. The van der Waals surface area contributed by atoms with Crippen LogP contribution in [0.1, 0.15) is 42.4 Å². The summed E-state index contributed by atoms with van der Waals surface area (Å²) in [7, 11) is 0. The van der Waals surface area contributed by atoms with Crippen LogP contribution in [0.15, 0.2) is 41.0 Å². The minimum absolute atomic E-state index is 0.773. The summed E-state index contributed by atoms with van der Waals surface area (Å²) in [4.78, 5) is 11.8. The number of imidazole rings is 1. The van der Waals surface area contributed by atoms with Crippen molar-refractivity contribution in [2.45, 2.75) is 46.7 Å². The van der Waals surface area contributed by atoms with Crippen molar-refractivity contribution in [3.05, 3.63) is 63.6 Å². The second-order valence-electron chi connectivity index (χ2n) is 6.57. The van der Waals surface area contributed by atoms with Gasteiger partial charge >= 0.3 is 0 Å². The quantitative estimate of drug-likeness (QED) is 0.564. The second kappa shape index (κ2) is 8.11. The molecule has 0 bridgehead atoms. The molecule has 132 valence electrons. The van der Waals surface area contributed by atoms with Crippen LogP contribution in [-0.4, -0.2) is 25.8 Å². The van der Waals surface area contributed by atoms with E-state index in [2.05, 4.69) is 80.5 Å². The maximum Gasteiger partial charge on any atom is 0.235 e. The van der Waals surface area contributed by atoms with E-state index in [-0.39, 0.29) is 0 Å². The minimum Gasteiger partial charge on any atom is -0.293 e. The molecule has 0 saturated heterocycles. The summed E-state index contributed by atoms with van der Waals surface area (Å²) in [6.45, 7) is 9.16. The van der Waals surface area contributed by atoms with Crippen molar-refractivity contribution in [1.82, 2.24) is 19.3 Å². The smallest absolute Gasteiger partial charge is 0.235 e. The highest BCUT2D eigenvalue weighted by Crippen LogP contribution is 2.22. The lowest BCUT2D eigenvalue weighted by molar-refractivity contribution is 0.249. The monoisotopic (exact) mass is 400 g/mol. The molecule has 3 aromatic rings. The van der Waals surface area contributed by atoms with E-state index in [1.54, 1.807) is 0 Å². The Hall–Kier alpha value is -1.72. The third kappa shape index (κ3) is 4.28. The number of benzene rings is 1. The summed E-state index contributed by atoms with van der Waals surface area (Å²) in [6.07, 6.45) is 2.38. The average Bonchev–Trinajstić information content (AvgIpc) is 2.89. The Balaban J connectivity index is 1.87. The Labute approximate surface area is 158 Å². The number of nitrogens with zero attached hydrogens (tertiary/aromatic N) is 4. The third-order valence-electron chi connectivity index (χ3n) is 4.37. The van der Waals surface area contributed by atoms with Gasteiger partial charge in [0.1, 0.15) is 4.60 Å². The average molecular weight is 401 g/mol. The van der Waals surface area contributed by atoms with E-state index in [4.69, 9.17) is 4.98 Å². The summed E-state index contributed by atoms with van der Waals surface area (Å²) in [5.41, 5.74) is 4.54. The zero-order valence-electron chi connectivity index (χ0n) is 15.2. The van der Waals surface area contributed by atoms with Gasteiger partial charge in [-0.15, -0.1) is 0 Å². The highest BCUT2D eigenvalue weighted by atomic mass is 79.9. The lowest BCUT2D eigenvalue weighted by Crippen LogP contribution is -2.24. The molecule has 0 aliphatic rings. The molecule has 0 amide bonds. The second-order valence-corrected chi connectivity index (χ2v) is 7.32. The molecule has 0 fully saturated rings. The molecule has 3 rings (SSSR count). The Bertz CT molecular complexity index is 842. The number of unbranched alkanes of at least 4 members (excludes halogenated alkanes) is 1. The van der Waals surface area contributed by atoms with Gasteiger partial charge in [-0.25, -0.2) is 9.97 Å². The van der Waals surface area contributed by atoms with Crippen molar-refractivity contribution in [2.75, 3.05) is 6.54 Å². The molecule has 0 radical (unpaired) electrons. The van der Waals surface area contributed by atoms with Gasteiger partial charge in [0, 0.05) is 24.5 Å². The van der Waals surface area contributed by atoms with Gasteiger partial charge in [0.25, 0.3) is 0 Å². The van der Waals surface area contributed by atoms with E-state index in [0.29, 0.717) is 0 Å². The number of hydrogen-bond acceptors (Lipinski definition) is 3. The van der Waals surface area contributed by atoms with Gasteiger partial charge in [-0.05, 0) is 54.4 Å². The SMILES string of the molecule is CCCCN(Cc1ccccc1)Cc1nc2nc(C)cc(C)n2c1Br. The van der Waals surface area contributed by atoms with Crippen LogP contribution in [0.2, 0.25) is 0 Å². The van der Waals surface area contributed by atoms with Gasteiger partial charge in [0.15, 0.2) is 0 Å². The van der Waals surface area contributed by atoms with Crippen molar-refractivity contribution in [1.29, 1.82) is 0 Å². The van der Waals surface area contributed by atoms with Crippen LogP contribution in [0.25, 0.3) is 5.78 Å². The largest absolute Gasteiger partial charge is 0.293 e. The molecule has 0 atom stereocenters. The van der Waals surface area contributed by atoms with Gasteiger partial charge in [-0.3, -0.25) is 9.30 Å². The maximum absolute atomic E-state index is 4.79. The third-order valence-corrected chi connectivity index (χ3v) is 5.18. The Morgan fingerprint density at radius 1 is 1.08 bits per heavy atom. The Morgan fingerprint density at radius 3 is 2.56 bits per heavy atom. The number of fused-ring (bicyclic) bond motifs is 1. The fourth-order valence-electron chi connectivity index (χ4n) is 3.13. The van der Waals surface area contributed by atoms with Gasteiger partial charge in [-0.1, -0.05) is 43.7 Å². The Kier molecular flexibility index (Phi) is 5.86. The van der Waals surface area contributed by atoms with Gasteiger partial charge in [0.2, 0.25) is 5.78 Å². The molecule has 1 aromatic carbocycles. The molecule has 25 heavy (non-hydrogen) atoms. The molecule has 2 heterocycles. The molecule has 5 heteroatoms. The first-order chi connectivity index (χ1) is 12.1. The van der Waals surface area contributed by atoms with Crippen molar-refractivity contribution in [3.8, 4) is 0 Å². The fraction of sp³-hybridized carbons (Fsp3) is 0.400. The van der Waals surface area contributed by atoms with Crippen LogP contribution >= 0.6 is 15.9 Å². The number of rotatable bonds is 7.